The number of amides is 3. The summed E-state index contributed by atoms with van der Waals surface area (Å²) >= 11 is 6.06. The van der Waals surface area contributed by atoms with Crippen molar-refractivity contribution in [3.8, 4) is 5.69 Å². The zero-order chi connectivity index (χ0) is 30.0. The van der Waals surface area contributed by atoms with Gasteiger partial charge in [0.05, 0.1) is 22.8 Å². The van der Waals surface area contributed by atoms with Crippen LogP contribution in [0.1, 0.15) is 48.1 Å². The highest BCUT2D eigenvalue weighted by atomic mass is 35.5. The largest absolute Gasteiger partial charge is 0.353 e. The van der Waals surface area contributed by atoms with Crippen molar-refractivity contribution >= 4 is 40.9 Å². The molecule has 218 valence electrons. The fourth-order valence-electron chi connectivity index (χ4n) is 4.79. The summed E-state index contributed by atoms with van der Waals surface area (Å²) in [5.41, 5.74) is 4.60. The lowest BCUT2D eigenvalue weighted by Crippen LogP contribution is -2.49. The molecule has 2 aromatic heterocycles. The summed E-state index contributed by atoms with van der Waals surface area (Å²) in [5, 5.41) is 11.2. The number of pyridine rings is 1. The summed E-state index contributed by atoms with van der Waals surface area (Å²) in [6.45, 7) is 12.7. The van der Waals surface area contributed by atoms with Gasteiger partial charge in [-0.1, -0.05) is 56.1 Å². The van der Waals surface area contributed by atoms with Gasteiger partial charge in [0, 0.05) is 48.2 Å². The smallest absolute Gasteiger partial charge is 0.324 e. The van der Waals surface area contributed by atoms with Gasteiger partial charge in [-0.05, 0) is 56.3 Å². The number of nitrogens with one attached hydrogen (secondary N) is 2. The number of aryl methyl sites for hydroxylation is 2. The Morgan fingerprint density at radius 2 is 1.60 bits per heavy atom. The number of carbonyl (C=O) groups is 2. The Bertz CT molecular complexity index is 1600. The molecule has 1 saturated heterocycles. The van der Waals surface area contributed by atoms with Crippen LogP contribution in [0, 0.1) is 13.8 Å². The Labute approximate surface area is 251 Å². The van der Waals surface area contributed by atoms with Crippen LogP contribution in [0.4, 0.5) is 22.1 Å². The van der Waals surface area contributed by atoms with E-state index in [1.54, 1.807) is 28.9 Å². The highest BCUT2D eigenvalue weighted by molar-refractivity contribution is 6.31. The molecule has 0 spiro atoms. The number of nitrogens with zero attached hydrogens (tertiary/aromatic N) is 5. The Morgan fingerprint density at radius 1 is 0.881 bits per heavy atom. The molecule has 0 radical (unpaired) electrons. The van der Waals surface area contributed by atoms with E-state index in [1.165, 1.54) is 0 Å². The number of piperazine rings is 1. The van der Waals surface area contributed by atoms with Crippen LogP contribution in [0.15, 0.2) is 66.7 Å². The van der Waals surface area contributed by atoms with Crippen LogP contribution in [-0.4, -0.2) is 57.8 Å². The minimum Gasteiger partial charge on any atom is -0.353 e. The summed E-state index contributed by atoms with van der Waals surface area (Å²) < 4.78 is 1.75. The van der Waals surface area contributed by atoms with E-state index in [0.29, 0.717) is 54.0 Å². The molecule has 1 aliphatic rings. The molecule has 3 amide bonds. The number of hydrogen-bond acceptors (Lipinski definition) is 5. The van der Waals surface area contributed by atoms with E-state index in [9.17, 15) is 9.59 Å². The molecule has 2 aromatic carbocycles. The molecule has 42 heavy (non-hydrogen) atoms. The molecule has 1 fully saturated rings. The molecule has 10 heteroatoms. The van der Waals surface area contributed by atoms with Gasteiger partial charge < -0.3 is 15.1 Å². The third-order valence-electron chi connectivity index (χ3n) is 7.28. The number of benzene rings is 2. The lowest BCUT2D eigenvalue weighted by molar-refractivity contribution is 0.0746. The van der Waals surface area contributed by atoms with Crippen molar-refractivity contribution in [3.63, 3.8) is 0 Å². The number of aromatic nitrogens is 3. The number of hydrogen-bond donors (Lipinski definition) is 2. The van der Waals surface area contributed by atoms with Crippen molar-refractivity contribution in [2.24, 2.45) is 0 Å². The average Bonchev–Trinajstić information content (AvgIpc) is 3.38. The van der Waals surface area contributed by atoms with Gasteiger partial charge in [-0.25, -0.2) is 14.5 Å². The maximum atomic E-state index is 13.1. The van der Waals surface area contributed by atoms with E-state index in [4.69, 9.17) is 21.7 Å². The van der Waals surface area contributed by atoms with Crippen LogP contribution in [0.3, 0.4) is 0 Å². The molecule has 5 rings (SSSR count). The number of halogens is 1. The van der Waals surface area contributed by atoms with Gasteiger partial charge in [-0.2, -0.15) is 5.10 Å². The van der Waals surface area contributed by atoms with E-state index in [-0.39, 0.29) is 17.4 Å². The number of urea groups is 1. The molecule has 3 heterocycles. The second-order valence-corrected chi connectivity index (χ2v) is 12.0. The lowest BCUT2D eigenvalue weighted by Gasteiger charge is -2.35. The molecular formula is C32H36ClN7O2. The van der Waals surface area contributed by atoms with Crippen LogP contribution in [0.5, 0.6) is 0 Å². The molecule has 0 bridgehead atoms. The van der Waals surface area contributed by atoms with Gasteiger partial charge in [0.2, 0.25) is 0 Å². The van der Waals surface area contributed by atoms with Gasteiger partial charge in [-0.3, -0.25) is 10.1 Å². The first-order valence-corrected chi connectivity index (χ1v) is 14.4. The summed E-state index contributed by atoms with van der Waals surface area (Å²) in [5.74, 6) is 1.36. The molecule has 0 atom stereocenters. The Hall–Kier alpha value is -4.37. The Balaban J connectivity index is 1.24. The van der Waals surface area contributed by atoms with E-state index >= 15 is 0 Å². The van der Waals surface area contributed by atoms with Crippen molar-refractivity contribution in [2.75, 3.05) is 41.7 Å². The van der Waals surface area contributed by atoms with Gasteiger partial charge in [0.1, 0.15) is 11.6 Å². The highest BCUT2D eigenvalue weighted by Gasteiger charge is 2.24. The predicted molar refractivity (Wildman–Crippen MR) is 168 cm³/mol. The van der Waals surface area contributed by atoms with Crippen molar-refractivity contribution in [2.45, 2.75) is 40.0 Å². The molecule has 0 unspecified atom stereocenters. The maximum absolute atomic E-state index is 13.1. The molecule has 0 saturated carbocycles. The van der Waals surface area contributed by atoms with Gasteiger partial charge in [-0.15, -0.1) is 0 Å². The van der Waals surface area contributed by atoms with E-state index in [0.717, 1.165) is 22.8 Å². The Morgan fingerprint density at radius 3 is 2.24 bits per heavy atom. The topological polar surface area (TPSA) is 95.4 Å². The van der Waals surface area contributed by atoms with Gasteiger partial charge >= 0.3 is 6.03 Å². The average molecular weight is 586 g/mol. The monoisotopic (exact) mass is 585 g/mol. The highest BCUT2D eigenvalue weighted by Crippen LogP contribution is 2.27. The summed E-state index contributed by atoms with van der Waals surface area (Å²) in [7, 11) is 0. The van der Waals surface area contributed by atoms with E-state index < -0.39 is 0 Å². The predicted octanol–water partition coefficient (Wildman–Crippen LogP) is 6.44. The normalized spacial score (nSPS) is 13.7. The zero-order valence-corrected chi connectivity index (χ0v) is 25.4. The van der Waals surface area contributed by atoms with E-state index in [1.807, 2.05) is 61.2 Å². The third-order valence-corrected chi connectivity index (χ3v) is 7.51. The second kappa shape index (κ2) is 11.9. The van der Waals surface area contributed by atoms with Crippen molar-refractivity contribution in [1.29, 1.82) is 0 Å². The molecule has 0 aliphatic carbocycles. The Kier molecular flexibility index (Phi) is 8.22. The number of rotatable bonds is 5. The minimum atomic E-state index is -0.380. The fraction of sp³-hybridized carbons (Fsp3) is 0.312. The minimum absolute atomic E-state index is 0.0230. The zero-order valence-electron chi connectivity index (χ0n) is 24.6. The van der Waals surface area contributed by atoms with Crippen molar-refractivity contribution < 1.29 is 9.59 Å². The first kappa shape index (κ1) is 29.1. The van der Waals surface area contributed by atoms with Crippen LogP contribution < -0.4 is 15.5 Å². The maximum Gasteiger partial charge on any atom is 0.324 e. The third kappa shape index (κ3) is 6.57. The summed E-state index contributed by atoms with van der Waals surface area (Å²) in [4.78, 5) is 34.7. The first-order chi connectivity index (χ1) is 20.0. The molecular weight excluding hydrogens is 550 g/mol. The van der Waals surface area contributed by atoms with Crippen molar-refractivity contribution in [3.05, 3.63) is 94.3 Å². The number of carbonyl (C=O) groups excluding carboxylic acids is 2. The van der Waals surface area contributed by atoms with Crippen LogP contribution in [0.25, 0.3) is 5.69 Å². The van der Waals surface area contributed by atoms with Crippen LogP contribution in [0.2, 0.25) is 5.02 Å². The van der Waals surface area contributed by atoms with Gasteiger partial charge in [0.25, 0.3) is 5.91 Å². The fourth-order valence-corrected chi connectivity index (χ4v) is 4.98. The molecule has 9 nitrogen and oxygen atoms in total. The van der Waals surface area contributed by atoms with E-state index in [2.05, 4.69) is 36.3 Å². The SMILES string of the molecule is Cc1ccc(-n2nc(C(C)(C)C)cc2NC(=O)Nc2ccc(N3CCN(C(=O)c4cccc(Cl)c4)CC3)nc2C)cc1. The van der Waals surface area contributed by atoms with Gasteiger partial charge in [0.15, 0.2) is 0 Å². The molecule has 1 aliphatic heterocycles. The van der Waals surface area contributed by atoms with Crippen molar-refractivity contribution in [1.82, 2.24) is 19.7 Å². The second-order valence-electron chi connectivity index (χ2n) is 11.6. The molecule has 4 aromatic rings. The summed E-state index contributed by atoms with van der Waals surface area (Å²) in [6, 6.07) is 20.3. The quantitative estimate of drug-likeness (QED) is 0.281. The lowest BCUT2D eigenvalue weighted by atomic mass is 9.92. The van der Waals surface area contributed by atoms with Crippen LogP contribution >= 0.6 is 11.6 Å². The standard InChI is InChI=1S/C32H36ClN7O2/c1-21-9-11-25(12-10-21)40-29(20-27(37-40)32(3,4)5)36-31(42)35-26-13-14-28(34-22(26)2)38-15-17-39(18-16-38)30(41)23-7-6-8-24(33)19-23/h6-14,19-20H,15-18H2,1-5H3,(H2,35,36,42). The summed E-state index contributed by atoms with van der Waals surface area (Å²) in [6.07, 6.45) is 0. The first-order valence-electron chi connectivity index (χ1n) is 14.0. The van der Waals surface area contributed by atoms with Crippen LogP contribution in [-0.2, 0) is 5.41 Å². The number of anilines is 3. The molecule has 2 N–H and O–H groups in total.